The lowest BCUT2D eigenvalue weighted by Crippen LogP contribution is -2.57. The molecule has 3 rings (SSSR count). The summed E-state index contributed by atoms with van der Waals surface area (Å²) >= 11 is 0. The fourth-order valence-corrected chi connectivity index (χ4v) is 2.71. The summed E-state index contributed by atoms with van der Waals surface area (Å²) in [5, 5.41) is 7.88. The van der Waals surface area contributed by atoms with E-state index in [2.05, 4.69) is 15.1 Å². The molecule has 1 amide bonds. The van der Waals surface area contributed by atoms with Crippen LogP contribution in [0.3, 0.4) is 0 Å². The number of aryl methyl sites for hydroxylation is 1. The maximum atomic E-state index is 11.5. The predicted molar refractivity (Wildman–Crippen MR) is 66.8 cm³/mol. The number of hydrogen-bond acceptors (Lipinski definition) is 6. The largest absolute Gasteiger partial charge is 0.408 e. The van der Waals surface area contributed by atoms with Crippen molar-refractivity contribution < 1.29 is 13.9 Å². The molecule has 0 aromatic carbocycles. The van der Waals surface area contributed by atoms with Gasteiger partial charge in [-0.25, -0.2) is 0 Å². The van der Waals surface area contributed by atoms with E-state index < -0.39 is 0 Å². The van der Waals surface area contributed by atoms with Crippen LogP contribution in [-0.2, 0) is 9.53 Å². The van der Waals surface area contributed by atoms with Gasteiger partial charge in [-0.1, -0.05) is 5.10 Å². The average Bonchev–Trinajstić information content (AvgIpc) is 2.82. The smallest absolute Gasteiger partial charge is 0.318 e. The highest BCUT2D eigenvalue weighted by atomic mass is 16.5. The lowest BCUT2D eigenvalue weighted by atomic mass is 9.89. The second-order valence-corrected chi connectivity index (χ2v) is 5.31. The van der Waals surface area contributed by atoms with Gasteiger partial charge in [-0.15, -0.1) is 5.10 Å². The maximum absolute atomic E-state index is 11.5. The molecule has 104 valence electrons. The summed E-state index contributed by atoms with van der Waals surface area (Å²) in [7, 11) is 1.83. The van der Waals surface area contributed by atoms with Crippen LogP contribution in [0.15, 0.2) is 4.42 Å². The zero-order valence-electron chi connectivity index (χ0n) is 11.3. The van der Waals surface area contributed by atoms with Crippen molar-refractivity contribution in [1.29, 1.82) is 0 Å². The highest BCUT2D eigenvalue weighted by Gasteiger charge is 2.41. The summed E-state index contributed by atoms with van der Waals surface area (Å²) in [4.78, 5) is 15.3. The number of anilines is 1. The van der Waals surface area contributed by atoms with Crippen LogP contribution in [0.2, 0.25) is 0 Å². The monoisotopic (exact) mass is 266 g/mol. The van der Waals surface area contributed by atoms with Gasteiger partial charge in [0.05, 0.1) is 5.60 Å². The van der Waals surface area contributed by atoms with E-state index >= 15 is 0 Å². The van der Waals surface area contributed by atoms with E-state index in [0.717, 1.165) is 25.9 Å². The van der Waals surface area contributed by atoms with Crippen LogP contribution in [-0.4, -0.2) is 59.9 Å². The van der Waals surface area contributed by atoms with Gasteiger partial charge in [-0.3, -0.25) is 4.79 Å². The Morgan fingerprint density at radius 3 is 2.58 bits per heavy atom. The zero-order valence-corrected chi connectivity index (χ0v) is 11.3. The van der Waals surface area contributed by atoms with Gasteiger partial charge in [-0.2, -0.15) is 0 Å². The molecule has 1 spiro atoms. The Kier molecular flexibility index (Phi) is 2.93. The molecule has 2 aliphatic heterocycles. The van der Waals surface area contributed by atoms with Crippen LogP contribution in [0.1, 0.15) is 18.7 Å². The molecule has 7 heteroatoms. The molecule has 1 aromatic heterocycles. The molecule has 0 aliphatic carbocycles. The molecule has 2 saturated heterocycles. The van der Waals surface area contributed by atoms with Crippen LogP contribution >= 0.6 is 0 Å². The van der Waals surface area contributed by atoms with E-state index in [9.17, 15) is 4.79 Å². The Bertz CT molecular complexity index is 479. The number of hydrogen-bond donors (Lipinski definition) is 0. The summed E-state index contributed by atoms with van der Waals surface area (Å²) in [6.07, 6.45) is 1.73. The molecule has 2 aliphatic rings. The molecule has 0 saturated carbocycles. The van der Waals surface area contributed by atoms with Gasteiger partial charge >= 0.3 is 6.01 Å². The second kappa shape index (κ2) is 4.48. The van der Waals surface area contributed by atoms with Crippen molar-refractivity contribution >= 4 is 11.9 Å². The lowest BCUT2D eigenvalue weighted by molar-refractivity contribution is -0.164. The number of nitrogens with zero attached hydrogens (tertiary/aromatic N) is 4. The van der Waals surface area contributed by atoms with Crippen molar-refractivity contribution in [3.8, 4) is 0 Å². The Balaban J connectivity index is 1.64. The van der Waals surface area contributed by atoms with E-state index in [1.807, 2.05) is 7.05 Å². The molecule has 7 nitrogen and oxygen atoms in total. The Hall–Kier alpha value is -1.63. The highest BCUT2D eigenvalue weighted by molar-refractivity contribution is 5.78. The van der Waals surface area contributed by atoms with Crippen LogP contribution in [0.4, 0.5) is 6.01 Å². The molecule has 19 heavy (non-hydrogen) atoms. The molecule has 3 heterocycles. The quantitative estimate of drug-likeness (QED) is 0.723. The summed E-state index contributed by atoms with van der Waals surface area (Å²) in [6.45, 7) is 4.26. The first-order chi connectivity index (χ1) is 9.08. The topological polar surface area (TPSA) is 71.7 Å². The van der Waals surface area contributed by atoms with Crippen molar-refractivity contribution in [3.05, 3.63) is 5.89 Å². The normalized spacial score (nSPS) is 23.2. The summed E-state index contributed by atoms with van der Waals surface area (Å²) in [5.74, 6) is 0.634. The third-order valence-corrected chi connectivity index (χ3v) is 3.91. The lowest BCUT2D eigenvalue weighted by Gasteiger charge is -2.45. The third-order valence-electron chi connectivity index (χ3n) is 3.91. The van der Waals surface area contributed by atoms with Gasteiger partial charge < -0.3 is 19.0 Å². The SMILES string of the molecule is Cc1nnc(N2CCC3(CC2)CN(C)C(=O)CO3)o1. The van der Waals surface area contributed by atoms with Crippen molar-refractivity contribution in [1.82, 2.24) is 15.1 Å². The molecule has 0 N–H and O–H groups in total. The fourth-order valence-electron chi connectivity index (χ4n) is 2.71. The van der Waals surface area contributed by atoms with E-state index in [1.165, 1.54) is 0 Å². The molecule has 0 atom stereocenters. The van der Waals surface area contributed by atoms with Gasteiger partial charge in [0.2, 0.25) is 11.8 Å². The first kappa shape index (κ1) is 12.4. The van der Waals surface area contributed by atoms with E-state index in [1.54, 1.807) is 11.8 Å². The molecular weight excluding hydrogens is 248 g/mol. The van der Waals surface area contributed by atoms with Crippen molar-refractivity contribution in [2.75, 3.05) is 38.2 Å². The fraction of sp³-hybridized carbons (Fsp3) is 0.750. The number of ether oxygens (including phenoxy) is 1. The Morgan fingerprint density at radius 2 is 2.00 bits per heavy atom. The van der Waals surface area contributed by atoms with E-state index in [4.69, 9.17) is 9.15 Å². The number of piperidine rings is 1. The van der Waals surface area contributed by atoms with Gasteiger partial charge in [0.25, 0.3) is 0 Å². The zero-order chi connectivity index (χ0) is 13.5. The molecule has 1 aromatic rings. The van der Waals surface area contributed by atoms with Crippen LogP contribution < -0.4 is 4.90 Å². The predicted octanol–water partition coefficient (Wildman–Crippen LogP) is 0.206. The van der Waals surface area contributed by atoms with Gasteiger partial charge in [0.1, 0.15) is 6.61 Å². The van der Waals surface area contributed by atoms with Gasteiger partial charge in [-0.05, 0) is 12.8 Å². The summed E-state index contributed by atoms with van der Waals surface area (Å²) in [5.41, 5.74) is -0.200. The average molecular weight is 266 g/mol. The number of rotatable bonds is 1. The van der Waals surface area contributed by atoms with Crippen molar-refractivity contribution in [2.45, 2.75) is 25.4 Å². The molecule has 0 radical (unpaired) electrons. The van der Waals surface area contributed by atoms with Gasteiger partial charge in [0, 0.05) is 33.6 Å². The third kappa shape index (κ3) is 2.30. The number of carbonyl (C=O) groups is 1. The first-order valence-corrected chi connectivity index (χ1v) is 6.51. The second-order valence-electron chi connectivity index (χ2n) is 5.31. The van der Waals surface area contributed by atoms with E-state index in [0.29, 0.717) is 18.5 Å². The van der Waals surface area contributed by atoms with Crippen LogP contribution in [0, 0.1) is 6.92 Å². The number of likely N-dealkylation sites (N-methyl/N-ethyl adjacent to an activating group) is 1. The van der Waals surface area contributed by atoms with E-state index in [-0.39, 0.29) is 18.1 Å². The number of morpholine rings is 1. The first-order valence-electron chi connectivity index (χ1n) is 6.51. The van der Waals surface area contributed by atoms with Crippen molar-refractivity contribution in [3.63, 3.8) is 0 Å². The number of aromatic nitrogens is 2. The Labute approximate surface area is 111 Å². The Morgan fingerprint density at radius 1 is 1.26 bits per heavy atom. The minimum Gasteiger partial charge on any atom is -0.408 e. The maximum Gasteiger partial charge on any atom is 0.318 e. The summed E-state index contributed by atoms with van der Waals surface area (Å²) in [6, 6.07) is 0.576. The molecular formula is C12H18N4O3. The molecule has 0 unspecified atom stereocenters. The molecule has 0 bridgehead atoms. The number of carbonyl (C=O) groups excluding carboxylic acids is 1. The van der Waals surface area contributed by atoms with Crippen LogP contribution in [0.5, 0.6) is 0 Å². The van der Waals surface area contributed by atoms with Crippen LogP contribution in [0.25, 0.3) is 0 Å². The minimum absolute atomic E-state index is 0.0561. The van der Waals surface area contributed by atoms with Crippen molar-refractivity contribution in [2.24, 2.45) is 0 Å². The minimum atomic E-state index is -0.200. The highest BCUT2D eigenvalue weighted by Crippen LogP contribution is 2.31. The molecule has 2 fully saturated rings. The standard InChI is InChI=1S/C12H18N4O3/c1-9-13-14-11(19-9)16-5-3-12(4-6-16)8-15(2)10(17)7-18-12/h3-8H2,1-2H3. The van der Waals surface area contributed by atoms with Gasteiger partial charge in [0.15, 0.2) is 0 Å². The number of amides is 1. The summed E-state index contributed by atoms with van der Waals surface area (Å²) < 4.78 is 11.2.